The molecule has 0 unspecified atom stereocenters. The van der Waals surface area contributed by atoms with Crippen LogP contribution in [0.5, 0.6) is 5.75 Å². The number of alkyl halides is 2. The fraction of sp³-hybridized carbons (Fsp3) is 0.294. The second-order valence-electron chi connectivity index (χ2n) is 5.35. The maximum atomic E-state index is 12.1. The van der Waals surface area contributed by atoms with Crippen molar-refractivity contribution < 1.29 is 27.5 Å². The second kappa shape index (κ2) is 9.40. The highest BCUT2D eigenvalue weighted by Crippen LogP contribution is 2.19. The van der Waals surface area contributed by atoms with Crippen molar-refractivity contribution in [3.8, 4) is 5.75 Å². The van der Waals surface area contributed by atoms with Gasteiger partial charge >= 0.3 is 12.6 Å². The van der Waals surface area contributed by atoms with Crippen LogP contribution >= 0.6 is 0 Å². The average Bonchev–Trinajstić information content (AvgIpc) is 3.11. The van der Waals surface area contributed by atoms with Crippen molar-refractivity contribution in [2.45, 2.75) is 26.1 Å². The molecule has 7 nitrogen and oxygen atoms in total. The minimum absolute atomic E-state index is 0.0390. The number of amides is 3. The Morgan fingerprint density at radius 1 is 1.15 bits per heavy atom. The third kappa shape index (κ3) is 6.42. The molecule has 0 fully saturated rings. The first-order valence-electron chi connectivity index (χ1n) is 7.82. The van der Waals surface area contributed by atoms with Gasteiger partial charge in [0, 0.05) is 0 Å². The third-order valence-electron chi connectivity index (χ3n) is 3.40. The minimum Gasteiger partial charge on any atom is -0.467 e. The molecule has 1 aromatic heterocycles. The van der Waals surface area contributed by atoms with Crippen LogP contribution in [-0.4, -0.2) is 25.1 Å². The van der Waals surface area contributed by atoms with Gasteiger partial charge in [0.1, 0.15) is 11.5 Å². The SMILES string of the molecule is C[C@H](NC(=O)CNC(=O)NCc1ccco1)c1ccc(OC(F)F)cc1. The van der Waals surface area contributed by atoms with Crippen LogP contribution in [0.3, 0.4) is 0 Å². The molecule has 1 aromatic carbocycles. The number of halogens is 2. The van der Waals surface area contributed by atoms with E-state index in [2.05, 4.69) is 20.7 Å². The summed E-state index contributed by atoms with van der Waals surface area (Å²) < 4.78 is 33.6. The Bertz CT molecular complexity index is 705. The predicted molar refractivity (Wildman–Crippen MR) is 88.6 cm³/mol. The van der Waals surface area contributed by atoms with E-state index < -0.39 is 18.5 Å². The van der Waals surface area contributed by atoms with Gasteiger partial charge in [0.15, 0.2) is 0 Å². The Kier molecular flexibility index (Phi) is 6.95. The first-order valence-corrected chi connectivity index (χ1v) is 7.82. The molecule has 2 rings (SSSR count). The van der Waals surface area contributed by atoms with Crippen molar-refractivity contribution in [2.24, 2.45) is 0 Å². The zero-order chi connectivity index (χ0) is 18.9. The molecule has 140 valence electrons. The Morgan fingerprint density at radius 3 is 2.50 bits per heavy atom. The fourth-order valence-corrected chi connectivity index (χ4v) is 2.12. The van der Waals surface area contributed by atoms with Crippen molar-refractivity contribution in [3.63, 3.8) is 0 Å². The molecule has 3 N–H and O–H groups in total. The van der Waals surface area contributed by atoms with E-state index in [1.807, 2.05) is 0 Å². The minimum atomic E-state index is -2.89. The molecule has 0 bridgehead atoms. The molecule has 1 atom stereocenters. The standard InChI is InChI=1S/C17H19F2N3O4/c1-11(12-4-6-13(7-5-12)26-16(18)19)22-15(23)10-21-17(24)20-9-14-3-2-8-25-14/h2-8,11,16H,9-10H2,1H3,(H,22,23)(H2,20,21,24)/t11-/m0/s1. The third-order valence-corrected chi connectivity index (χ3v) is 3.40. The zero-order valence-corrected chi connectivity index (χ0v) is 14.0. The number of rotatable bonds is 8. The van der Waals surface area contributed by atoms with Crippen LogP contribution in [0.15, 0.2) is 47.1 Å². The van der Waals surface area contributed by atoms with Crippen LogP contribution in [-0.2, 0) is 11.3 Å². The first kappa shape index (κ1) is 19.2. The second-order valence-corrected chi connectivity index (χ2v) is 5.35. The number of benzene rings is 1. The molecule has 0 aliphatic rings. The summed E-state index contributed by atoms with van der Waals surface area (Å²) in [6.45, 7) is -1.15. The Balaban J connectivity index is 1.71. The topological polar surface area (TPSA) is 92.6 Å². The van der Waals surface area contributed by atoms with E-state index in [4.69, 9.17) is 4.42 Å². The van der Waals surface area contributed by atoms with Crippen LogP contribution < -0.4 is 20.7 Å². The van der Waals surface area contributed by atoms with Crippen molar-refractivity contribution in [2.75, 3.05) is 6.54 Å². The lowest BCUT2D eigenvalue weighted by Crippen LogP contribution is -2.42. The highest BCUT2D eigenvalue weighted by Gasteiger charge is 2.12. The van der Waals surface area contributed by atoms with E-state index in [1.54, 1.807) is 31.2 Å². The van der Waals surface area contributed by atoms with Crippen LogP contribution in [0.25, 0.3) is 0 Å². The van der Waals surface area contributed by atoms with Gasteiger partial charge in [-0.3, -0.25) is 4.79 Å². The Morgan fingerprint density at radius 2 is 1.88 bits per heavy atom. The summed E-state index contributed by atoms with van der Waals surface area (Å²) in [6.07, 6.45) is 1.50. The molecule has 3 amide bonds. The molecule has 0 spiro atoms. The van der Waals surface area contributed by atoms with Gasteiger partial charge in [-0.25, -0.2) is 4.79 Å². The Hall–Kier alpha value is -3.10. The molecule has 0 saturated heterocycles. The van der Waals surface area contributed by atoms with Crippen LogP contribution in [0, 0.1) is 0 Å². The maximum absolute atomic E-state index is 12.1. The summed E-state index contributed by atoms with van der Waals surface area (Å²) in [5.74, 6) is 0.244. The molecule has 0 saturated carbocycles. The fourth-order valence-electron chi connectivity index (χ4n) is 2.12. The summed E-state index contributed by atoms with van der Waals surface area (Å²) in [5, 5.41) is 7.67. The summed E-state index contributed by atoms with van der Waals surface area (Å²) in [5.41, 5.74) is 0.710. The van der Waals surface area contributed by atoms with Gasteiger partial charge in [-0.2, -0.15) is 8.78 Å². The zero-order valence-electron chi connectivity index (χ0n) is 14.0. The van der Waals surface area contributed by atoms with E-state index in [0.717, 1.165) is 0 Å². The number of carbonyl (C=O) groups is 2. The largest absolute Gasteiger partial charge is 0.467 e. The van der Waals surface area contributed by atoms with Gasteiger partial charge in [0.2, 0.25) is 5.91 Å². The highest BCUT2D eigenvalue weighted by molar-refractivity contribution is 5.84. The van der Waals surface area contributed by atoms with Gasteiger partial charge in [-0.15, -0.1) is 0 Å². The normalized spacial score (nSPS) is 11.7. The lowest BCUT2D eigenvalue weighted by atomic mass is 10.1. The lowest BCUT2D eigenvalue weighted by Gasteiger charge is -2.15. The van der Waals surface area contributed by atoms with E-state index in [0.29, 0.717) is 11.3 Å². The number of hydrogen-bond acceptors (Lipinski definition) is 4. The van der Waals surface area contributed by atoms with Gasteiger partial charge in [-0.1, -0.05) is 12.1 Å². The van der Waals surface area contributed by atoms with Gasteiger partial charge in [0.05, 0.1) is 25.4 Å². The molecule has 26 heavy (non-hydrogen) atoms. The monoisotopic (exact) mass is 367 g/mol. The van der Waals surface area contributed by atoms with E-state index in [-0.39, 0.29) is 24.9 Å². The first-order chi connectivity index (χ1) is 12.4. The molecule has 2 aromatic rings. The van der Waals surface area contributed by atoms with Gasteiger partial charge in [-0.05, 0) is 36.8 Å². The van der Waals surface area contributed by atoms with E-state index >= 15 is 0 Å². The number of hydrogen-bond donors (Lipinski definition) is 3. The van der Waals surface area contributed by atoms with Crippen molar-refractivity contribution in [1.29, 1.82) is 0 Å². The number of furan rings is 1. The van der Waals surface area contributed by atoms with Crippen molar-refractivity contribution in [3.05, 3.63) is 54.0 Å². The van der Waals surface area contributed by atoms with Crippen LogP contribution in [0.4, 0.5) is 13.6 Å². The molecule has 9 heteroatoms. The van der Waals surface area contributed by atoms with Crippen molar-refractivity contribution in [1.82, 2.24) is 16.0 Å². The predicted octanol–water partition coefficient (Wildman–Crippen LogP) is 2.56. The molecule has 1 heterocycles. The average molecular weight is 367 g/mol. The quantitative estimate of drug-likeness (QED) is 0.669. The van der Waals surface area contributed by atoms with Crippen LogP contribution in [0.1, 0.15) is 24.3 Å². The summed E-state index contributed by atoms with van der Waals surface area (Å²) in [7, 11) is 0. The highest BCUT2D eigenvalue weighted by atomic mass is 19.3. The van der Waals surface area contributed by atoms with Gasteiger partial charge in [0.25, 0.3) is 0 Å². The number of carbonyl (C=O) groups excluding carboxylic acids is 2. The van der Waals surface area contributed by atoms with Crippen LogP contribution in [0.2, 0.25) is 0 Å². The molecular weight excluding hydrogens is 348 g/mol. The molecule has 0 aliphatic carbocycles. The maximum Gasteiger partial charge on any atom is 0.387 e. The molecule has 0 aliphatic heterocycles. The molecular formula is C17H19F2N3O4. The summed E-state index contributed by atoms with van der Waals surface area (Å²) in [4.78, 5) is 23.5. The molecule has 0 radical (unpaired) electrons. The Labute approximate surface area is 148 Å². The van der Waals surface area contributed by atoms with Crippen molar-refractivity contribution >= 4 is 11.9 Å². The van der Waals surface area contributed by atoms with Gasteiger partial charge < -0.3 is 25.1 Å². The number of ether oxygens (including phenoxy) is 1. The summed E-state index contributed by atoms with van der Waals surface area (Å²) >= 11 is 0. The summed E-state index contributed by atoms with van der Waals surface area (Å²) in [6, 6.07) is 8.49. The lowest BCUT2D eigenvalue weighted by molar-refractivity contribution is -0.120. The number of nitrogens with one attached hydrogen (secondary N) is 3. The van der Waals surface area contributed by atoms with E-state index in [1.165, 1.54) is 18.4 Å². The smallest absolute Gasteiger partial charge is 0.387 e. The number of urea groups is 1. The van der Waals surface area contributed by atoms with E-state index in [9.17, 15) is 18.4 Å².